The fourth-order valence-corrected chi connectivity index (χ4v) is 3.28. The number of aliphatic hydroxyl groups is 3. The summed E-state index contributed by atoms with van der Waals surface area (Å²) in [7, 11) is 0. The Morgan fingerprint density at radius 1 is 1.21 bits per heavy atom. The molecule has 0 aliphatic heterocycles. The van der Waals surface area contributed by atoms with Crippen LogP contribution >= 0.6 is 11.3 Å². The second kappa shape index (κ2) is 7.57. The number of thiazole rings is 1. The first kappa shape index (κ1) is 16.6. The molecule has 0 saturated carbocycles. The molecule has 5 heteroatoms. The zero-order valence-electron chi connectivity index (χ0n) is 13.0. The molecule has 3 N–H and O–H groups in total. The summed E-state index contributed by atoms with van der Waals surface area (Å²) in [5, 5.41) is 32.0. The highest BCUT2D eigenvalue weighted by Crippen LogP contribution is 2.29. The van der Waals surface area contributed by atoms with Crippen molar-refractivity contribution >= 4 is 16.9 Å². The number of benzene rings is 1. The van der Waals surface area contributed by atoms with Crippen LogP contribution < -0.4 is 0 Å². The first-order valence-corrected chi connectivity index (χ1v) is 8.67. The SMILES string of the molecule is OCC(Cc1ccccc1)C1=CC(c2cscn2)=C(O)C(O)C=C1. The summed E-state index contributed by atoms with van der Waals surface area (Å²) in [4.78, 5) is 4.22. The topological polar surface area (TPSA) is 73.6 Å². The fourth-order valence-electron chi connectivity index (χ4n) is 2.73. The largest absolute Gasteiger partial charge is 0.508 e. The van der Waals surface area contributed by atoms with Crippen LogP contribution in [-0.4, -0.2) is 33.0 Å². The predicted molar refractivity (Wildman–Crippen MR) is 95.6 cm³/mol. The molecule has 24 heavy (non-hydrogen) atoms. The second-order valence-electron chi connectivity index (χ2n) is 5.69. The number of hydrogen-bond donors (Lipinski definition) is 3. The third-order valence-corrected chi connectivity index (χ3v) is 4.65. The van der Waals surface area contributed by atoms with Crippen molar-refractivity contribution in [3.63, 3.8) is 0 Å². The fraction of sp³-hybridized carbons (Fsp3) is 0.211. The van der Waals surface area contributed by atoms with Gasteiger partial charge in [-0.1, -0.05) is 36.4 Å². The van der Waals surface area contributed by atoms with Gasteiger partial charge in [-0.2, -0.15) is 0 Å². The molecule has 124 valence electrons. The predicted octanol–water partition coefficient (Wildman–Crippen LogP) is 3.12. The van der Waals surface area contributed by atoms with Crippen LogP contribution in [0, 0.1) is 5.92 Å². The van der Waals surface area contributed by atoms with Crippen molar-refractivity contribution in [3.05, 3.63) is 82.0 Å². The van der Waals surface area contributed by atoms with Gasteiger partial charge in [0, 0.05) is 16.9 Å². The number of nitrogens with zero attached hydrogens (tertiary/aromatic N) is 1. The lowest BCUT2D eigenvalue weighted by Gasteiger charge is -2.16. The zero-order chi connectivity index (χ0) is 16.9. The molecule has 1 aromatic carbocycles. The maximum absolute atomic E-state index is 10.3. The van der Waals surface area contributed by atoms with Crippen LogP contribution in [-0.2, 0) is 6.42 Å². The molecule has 0 spiro atoms. The Balaban J connectivity index is 1.95. The standard InChI is InChI=1S/C19H19NO3S/c21-10-15(8-13-4-2-1-3-5-13)14-6-7-18(22)19(23)16(9-14)17-11-24-12-20-17/h1-7,9,11-12,15,18,21-23H,8,10H2. The lowest BCUT2D eigenvalue weighted by Crippen LogP contribution is -2.12. The van der Waals surface area contributed by atoms with Crippen molar-refractivity contribution in [2.45, 2.75) is 12.5 Å². The quantitative estimate of drug-likeness (QED) is 0.781. The monoisotopic (exact) mass is 341 g/mol. The van der Waals surface area contributed by atoms with E-state index in [9.17, 15) is 15.3 Å². The summed E-state index contributed by atoms with van der Waals surface area (Å²) < 4.78 is 0. The van der Waals surface area contributed by atoms with Gasteiger partial charge in [-0.25, -0.2) is 4.98 Å². The van der Waals surface area contributed by atoms with Crippen LogP contribution in [0.2, 0.25) is 0 Å². The average molecular weight is 341 g/mol. The van der Waals surface area contributed by atoms with E-state index in [1.54, 1.807) is 17.7 Å². The highest BCUT2D eigenvalue weighted by atomic mass is 32.1. The van der Waals surface area contributed by atoms with Gasteiger partial charge in [0.2, 0.25) is 0 Å². The Bertz CT molecular complexity index is 763. The van der Waals surface area contributed by atoms with Crippen LogP contribution in [0.15, 0.2) is 70.8 Å². The number of aromatic nitrogens is 1. The number of hydrogen-bond acceptors (Lipinski definition) is 5. The minimum atomic E-state index is -1.08. The molecule has 1 aliphatic carbocycles. The highest BCUT2D eigenvalue weighted by Gasteiger charge is 2.21. The van der Waals surface area contributed by atoms with Crippen molar-refractivity contribution in [1.82, 2.24) is 4.98 Å². The van der Waals surface area contributed by atoms with E-state index in [1.807, 2.05) is 35.7 Å². The van der Waals surface area contributed by atoms with Crippen LogP contribution in [0.3, 0.4) is 0 Å². The van der Waals surface area contributed by atoms with E-state index in [2.05, 4.69) is 4.98 Å². The van der Waals surface area contributed by atoms with E-state index in [4.69, 9.17) is 0 Å². The Hall–Kier alpha value is -2.21. The second-order valence-corrected chi connectivity index (χ2v) is 6.41. The van der Waals surface area contributed by atoms with Crippen molar-refractivity contribution in [1.29, 1.82) is 0 Å². The van der Waals surface area contributed by atoms with E-state index in [0.29, 0.717) is 17.7 Å². The lowest BCUT2D eigenvalue weighted by molar-refractivity contribution is 0.195. The molecule has 2 atom stereocenters. The summed E-state index contributed by atoms with van der Waals surface area (Å²) in [5.74, 6) is -0.251. The van der Waals surface area contributed by atoms with Gasteiger partial charge < -0.3 is 15.3 Å². The molecule has 0 amide bonds. The molecular weight excluding hydrogens is 322 g/mol. The van der Waals surface area contributed by atoms with Gasteiger partial charge in [-0.3, -0.25) is 0 Å². The van der Waals surface area contributed by atoms with Crippen LogP contribution in [0.4, 0.5) is 0 Å². The minimum absolute atomic E-state index is 0.0216. The van der Waals surface area contributed by atoms with Gasteiger partial charge in [0.1, 0.15) is 11.9 Å². The molecule has 1 aliphatic rings. The van der Waals surface area contributed by atoms with Crippen molar-refractivity contribution in [3.8, 4) is 0 Å². The first-order valence-electron chi connectivity index (χ1n) is 7.73. The normalized spacial score (nSPS) is 19.1. The summed E-state index contributed by atoms with van der Waals surface area (Å²) in [6, 6.07) is 9.94. The van der Waals surface area contributed by atoms with Crippen molar-refractivity contribution in [2.24, 2.45) is 5.92 Å². The van der Waals surface area contributed by atoms with Gasteiger partial charge in [-0.15, -0.1) is 11.3 Å². The maximum atomic E-state index is 10.3. The Kier molecular flexibility index (Phi) is 5.25. The van der Waals surface area contributed by atoms with Crippen molar-refractivity contribution in [2.75, 3.05) is 6.61 Å². The maximum Gasteiger partial charge on any atom is 0.134 e. The molecule has 0 fully saturated rings. The molecule has 0 saturated heterocycles. The summed E-state index contributed by atoms with van der Waals surface area (Å²) >= 11 is 1.42. The molecule has 0 bridgehead atoms. The molecule has 0 radical (unpaired) electrons. The zero-order valence-corrected chi connectivity index (χ0v) is 13.9. The molecule has 2 unspecified atom stereocenters. The smallest absolute Gasteiger partial charge is 0.134 e. The Labute approximate surface area is 144 Å². The molecule has 1 aromatic heterocycles. The molecule has 3 rings (SSSR count). The van der Waals surface area contributed by atoms with Gasteiger partial charge >= 0.3 is 0 Å². The molecular formula is C19H19NO3S. The highest BCUT2D eigenvalue weighted by molar-refractivity contribution is 7.07. The molecule has 1 heterocycles. The van der Waals surface area contributed by atoms with E-state index >= 15 is 0 Å². The minimum Gasteiger partial charge on any atom is -0.508 e. The van der Waals surface area contributed by atoms with Gasteiger partial charge in [-0.05, 0) is 29.7 Å². The van der Waals surface area contributed by atoms with Gasteiger partial charge in [0.25, 0.3) is 0 Å². The number of rotatable bonds is 5. The van der Waals surface area contributed by atoms with Crippen molar-refractivity contribution < 1.29 is 15.3 Å². The summed E-state index contributed by atoms with van der Waals surface area (Å²) in [6.45, 7) is -0.0216. The third-order valence-electron chi connectivity index (χ3n) is 4.06. The number of aliphatic hydroxyl groups excluding tert-OH is 3. The van der Waals surface area contributed by atoms with E-state index in [-0.39, 0.29) is 18.3 Å². The Morgan fingerprint density at radius 2 is 2.00 bits per heavy atom. The summed E-state index contributed by atoms with van der Waals surface area (Å²) in [5.41, 5.74) is 4.78. The van der Waals surface area contributed by atoms with Crippen LogP contribution in [0.1, 0.15) is 11.3 Å². The first-order chi connectivity index (χ1) is 11.7. The lowest BCUT2D eigenvalue weighted by atomic mass is 9.91. The Morgan fingerprint density at radius 3 is 2.67 bits per heavy atom. The summed E-state index contributed by atoms with van der Waals surface area (Å²) in [6.07, 6.45) is 4.71. The number of allylic oxidation sites excluding steroid dienone is 3. The molecule has 2 aromatic rings. The third kappa shape index (κ3) is 3.64. The molecule has 4 nitrogen and oxygen atoms in total. The van der Waals surface area contributed by atoms with Gasteiger partial charge in [0.15, 0.2) is 0 Å². The van der Waals surface area contributed by atoms with Crippen LogP contribution in [0.5, 0.6) is 0 Å². The van der Waals surface area contributed by atoms with E-state index in [0.717, 1.165) is 11.1 Å². The van der Waals surface area contributed by atoms with E-state index < -0.39 is 6.10 Å². The van der Waals surface area contributed by atoms with E-state index in [1.165, 1.54) is 17.4 Å². The average Bonchev–Trinajstić information content (AvgIpc) is 3.10. The van der Waals surface area contributed by atoms with Crippen LogP contribution in [0.25, 0.3) is 5.57 Å². The van der Waals surface area contributed by atoms with Gasteiger partial charge in [0.05, 0.1) is 17.8 Å².